The summed E-state index contributed by atoms with van der Waals surface area (Å²) in [6.07, 6.45) is 3.84. The average molecular weight is 288 g/mol. The van der Waals surface area contributed by atoms with Crippen molar-refractivity contribution in [2.75, 3.05) is 6.61 Å². The average Bonchev–Trinajstić information content (AvgIpc) is 2.44. The fraction of sp³-hybridized carbons (Fsp3) is 0.632. The van der Waals surface area contributed by atoms with Gasteiger partial charge >= 0.3 is 0 Å². The highest BCUT2D eigenvalue weighted by atomic mass is 16.5. The Bertz CT molecular complexity index is 478. The maximum Gasteiger partial charge on any atom is 0.188 e. The van der Waals surface area contributed by atoms with Crippen molar-refractivity contribution in [2.24, 2.45) is 17.8 Å². The summed E-state index contributed by atoms with van der Waals surface area (Å²) in [6, 6.07) is 7.76. The lowest BCUT2D eigenvalue weighted by molar-refractivity contribution is -0.0309. The third-order valence-electron chi connectivity index (χ3n) is 4.73. The van der Waals surface area contributed by atoms with Crippen molar-refractivity contribution in [1.82, 2.24) is 0 Å². The van der Waals surface area contributed by atoms with Gasteiger partial charge in [0.15, 0.2) is 5.78 Å². The third-order valence-corrected chi connectivity index (χ3v) is 4.73. The first-order chi connectivity index (χ1) is 9.97. The van der Waals surface area contributed by atoms with Gasteiger partial charge in [0.05, 0.1) is 6.10 Å². The van der Waals surface area contributed by atoms with Gasteiger partial charge in [0.25, 0.3) is 0 Å². The van der Waals surface area contributed by atoms with Crippen molar-refractivity contribution in [2.45, 2.75) is 53.1 Å². The molecule has 0 amide bonds. The van der Waals surface area contributed by atoms with Crippen molar-refractivity contribution in [3.63, 3.8) is 0 Å². The summed E-state index contributed by atoms with van der Waals surface area (Å²) in [6.45, 7) is 9.04. The van der Waals surface area contributed by atoms with Crippen LogP contribution in [0.3, 0.4) is 0 Å². The van der Waals surface area contributed by atoms with Gasteiger partial charge < -0.3 is 4.74 Å². The Morgan fingerprint density at radius 1 is 1.33 bits per heavy atom. The van der Waals surface area contributed by atoms with Crippen LogP contribution in [0.2, 0.25) is 0 Å². The van der Waals surface area contributed by atoms with Gasteiger partial charge in [-0.05, 0) is 43.6 Å². The third kappa shape index (κ3) is 4.41. The van der Waals surface area contributed by atoms with Gasteiger partial charge in [0, 0.05) is 5.56 Å². The smallest absolute Gasteiger partial charge is 0.188 e. The zero-order chi connectivity index (χ0) is 15.4. The molecule has 0 N–H and O–H groups in total. The van der Waals surface area contributed by atoms with E-state index in [1.54, 1.807) is 0 Å². The summed E-state index contributed by atoms with van der Waals surface area (Å²) in [5, 5.41) is 0. The number of carbonyl (C=O) groups excluding carboxylic acids is 1. The second-order valence-corrected chi connectivity index (χ2v) is 6.97. The maximum absolute atomic E-state index is 12.3. The lowest BCUT2D eigenvalue weighted by atomic mass is 9.75. The van der Waals surface area contributed by atoms with Crippen LogP contribution in [0.15, 0.2) is 24.3 Å². The number of carbonyl (C=O) groups is 1. The number of hydrogen-bond donors (Lipinski definition) is 0. The first kappa shape index (κ1) is 16.2. The van der Waals surface area contributed by atoms with E-state index in [4.69, 9.17) is 4.74 Å². The van der Waals surface area contributed by atoms with Crippen LogP contribution in [0.25, 0.3) is 0 Å². The molecule has 0 heterocycles. The molecule has 0 aromatic heterocycles. The van der Waals surface area contributed by atoms with Crippen molar-refractivity contribution >= 4 is 5.78 Å². The van der Waals surface area contributed by atoms with Gasteiger partial charge in [-0.3, -0.25) is 4.79 Å². The van der Waals surface area contributed by atoms with Crippen molar-refractivity contribution in [3.05, 3.63) is 35.4 Å². The molecule has 2 rings (SSSR count). The molecule has 0 spiro atoms. The van der Waals surface area contributed by atoms with E-state index in [9.17, 15) is 4.79 Å². The highest BCUT2D eigenvalue weighted by Crippen LogP contribution is 2.35. The van der Waals surface area contributed by atoms with Crippen LogP contribution in [0.4, 0.5) is 0 Å². The van der Waals surface area contributed by atoms with E-state index in [0.717, 1.165) is 17.5 Å². The van der Waals surface area contributed by atoms with Crippen LogP contribution >= 0.6 is 0 Å². The topological polar surface area (TPSA) is 26.3 Å². The van der Waals surface area contributed by atoms with Crippen LogP contribution in [-0.2, 0) is 4.74 Å². The predicted octanol–water partition coefficient (Wildman–Crippen LogP) is 4.66. The monoisotopic (exact) mass is 288 g/mol. The molecule has 0 saturated heterocycles. The van der Waals surface area contributed by atoms with Crippen molar-refractivity contribution in [3.8, 4) is 0 Å². The Morgan fingerprint density at radius 2 is 2.10 bits per heavy atom. The SMILES string of the molecule is Cc1cccc(C(=O)COC2CC(C)CCC2C(C)C)c1. The minimum atomic E-state index is 0.0967. The van der Waals surface area contributed by atoms with E-state index in [-0.39, 0.29) is 18.5 Å². The minimum absolute atomic E-state index is 0.0967. The van der Waals surface area contributed by atoms with E-state index < -0.39 is 0 Å². The van der Waals surface area contributed by atoms with E-state index >= 15 is 0 Å². The van der Waals surface area contributed by atoms with Crippen LogP contribution in [0.5, 0.6) is 0 Å². The lowest BCUT2D eigenvalue weighted by Gasteiger charge is -2.37. The van der Waals surface area contributed by atoms with Gasteiger partial charge in [-0.15, -0.1) is 0 Å². The molecule has 1 aliphatic carbocycles. The summed E-state index contributed by atoms with van der Waals surface area (Å²) in [4.78, 5) is 12.3. The van der Waals surface area contributed by atoms with Gasteiger partial charge in [-0.2, -0.15) is 0 Å². The Balaban J connectivity index is 1.95. The second kappa shape index (κ2) is 7.22. The highest BCUT2D eigenvalue weighted by Gasteiger charge is 2.31. The molecular formula is C19H28O2. The van der Waals surface area contributed by atoms with Crippen LogP contribution in [-0.4, -0.2) is 18.5 Å². The molecule has 1 saturated carbocycles. The van der Waals surface area contributed by atoms with E-state index in [0.29, 0.717) is 17.8 Å². The normalized spacial score (nSPS) is 26.0. The second-order valence-electron chi connectivity index (χ2n) is 6.97. The first-order valence-electron chi connectivity index (χ1n) is 8.19. The molecule has 1 aromatic carbocycles. The number of Topliss-reactive ketones (excluding diaryl/α,β-unsaturated/α-hetero) is 1. The fourth-order valence-electron chi connectivity index (χ4n) is 3.39. The zero-order valence-electron chi connectivity index (χ0n) is 13.8. The molecule has 3 atom stereocenters. The van der Waals surface area contributed by atoms with E-state index in [1.807, 2.05) is 31.2 Å². The molecule has 2 heteroatoms. The Kier molecular flexibility index (Phi) is 5.58. The lowest BCUT2D eigenvalue weighted by Crippen LogP contribution is -2.35. The number of rotatable bonds is 5. The van der Waals surface area contributed by atoms with Gasteiger partial charge in [0.2, 0.25) is 0 Å². The summed E-state index contributed by atoms with van der Waals surface area (Å²) < 4.78 is 6.03. The van der Waals surface area contributed by atoms with Crippen LogP contribution in [0, 0.1) is 24.7 Å². The Morgan fingerprint density at radius 3 is 2.76 bits per heavy atom. The van der Waals surface area contributed by atoms with E-state index in [1.165, 1.54) is 12.8 Å². The fourth-order valence-corrected chi connectivity index (χ4v) is 3.39. The van der Waals surface area contributed by atoms with Crippen LogP contribution in [0.1, 0.15) is 56.0 Å². The number of aryl methyl sites for hydroxylation is 1. The van der Waals surface area contributed by atoms with Crippen LogP contribution < -0.4 is 0 Å². The molecule has 1 aromatic rings. The molecule has 0 radical (unpaired) electrons. The van der Waals surface area contributed by atoms with Crippen molar-refractivity contribution < 1.29 is 9.53 Å². The summed E-state index contributed by atoms with van der Waals surface area (Å²) in [7, 11) is 0. The van der Waals surface area contributed by atoms with Gasteiger partial charge in [-0.25, -0.2) is 0 Å². The Hall–Kier alpha value is -1.15. The molecule has 2 nitrogen and oxygen atoms in total. The van der Waals surface area contributed by atoms with Crippen molar-refractivity contribution in [1.29, 1.82) is 0 Å². The molecule has 1 fully saturated rings. The minimum Gasteiger partial charge on any atom is -0.370 e. The summed E-state index contributed by atoms with van der Waals surface area (Å²) >= 11 is 0. The number of ketones is 1. The van der Waals surface area contributed by atoms with E-state index in [2.05, 4.69) is 20.8 Å². The quantitative estimate of drug-likeness (QED) is 0.737. The number of benzene rings is 1. The van der Waals surface area contributed by atoms with Gasteiger partial charge in [-0.1, -0.05) is 51.0 Å². The molecular weight excluding hydrogens is 260 g/mol. The number of hydrogen-bond acceptors (Lipinski definition) is 2. The molecule has 0 aliphatic heterocycles. The number of ether oxygens (including phenoxy) is 1. The summed E-state index contributed by atoms with van der Waals surface area (Å²) in [5.74, 6) is 2.02. The molecule has 3 unspecified atom stereocenters. The Labute approximate surface area is 128 Å². The van der Waals surface area contributed by atoms with Gasteiger partial charge in [0.1, 0.15) is 6.61 Å². The predicted molar refractivity (Wildman–Crippen MR) is 86.6 cm³/mol. The molecule has 21 heavy (non-hydrogen) atoms. The summed E-state index contributed by atoms with van der Waals surface area (Å²) in [5.41, 5.74) is 1.88. The standard InChI is InChI=1S/C19H28O2/c1-13(2)17-9-8-15(4)11-19(17)21-12-18(20)16-7-5-6-14(3)10-16/h5-7,10,13,15,17,19H,8-9,11-12H2,1-4H3. The first-order valence-corrected chi connectivity index (χ1v) is 8.19. The molecule has 1 aliphatic rings. The molecule has 0 bridgehead atoms. The zero-order valence-corrected chi connectivity index (χ0v) is 13.8. The highest BCUT2D eigenvalue weighted by molar-refractivity contribution is 5.97. The largest absolute Gasteiger partial charge is 0.370 e. The molecule has 116 valence electrons. The maximum atomic E-state index is 12.3.